The number of aromatic amines is 1. The Kier molecular flexibility index (Phi) is 4.51. The number of halogens is 1. The number of H-pyrrole nitrogens is 1. The van der Waals surface area contributed by atoms with Crippen molar-refractivity contribution in [3.8, 4) is 0 Å². The number of nitrogens with one attached hydrogen (secondary N) is 1. The van der Waals surface area contributed by atoms with Crippen LogP contribution in [0.4, 0.5) is 4.39 Å². The Hall–Kier alpha value is -2.05. The molecular formula is C18H20FN3OS. The molecule has 1 atom stereocenters. The molecule has 2 heterocycles. The molecule has 0 bridgehead atoms. The van der Waals surface area contributed by atoms with Crippen LogP contribution in [0.3, 0.4) is 0 Å². The minimum atomic E-state index is -0.241. The van der Waals surface area contributed by atoms with Crippen molar-refractivity contribution in [1.82, 2.24) is 14.9 Å². The van der Waals surface area contributed by atoms with Crippen LogP contribution in [0.2, 0.25) is 0 Å². The lowest BCUT2D eigenvalue weighted by atomic mass is 10.1. The number of benzene rings is 1. The number of nitrogens with zero attached hydrogens (tertiary/aromatic N) is 2. The quantitative estimate of drug-likeness (QED) is 0.779. The molecule has 1 N–H and O–H groups in total. The van der Waals surface area contributed by atoms with Gasteiger partial charge in [-0.3, -0.25) is 9.69 Å². The first kappa shape index (κ1) is 16.8. The first-order valence-electron chi connectivity index (χ1n) is 7.81. The Bertz CT molecular complexity index is 930. The van der Waals surface area contributed by atoms with E-state index in [2.05, 4.69) is 14.9 Å². The van der Waals surface area contributed by atoms with Crippen molar-refractivity contribution in [3.63, 3.8) is 0 Å². The third kappa shape index (κ3) is 3.12. The maximum absolute atomic E-state index is 13.0. The van der Waals surface area contributed by atoms with Gasteiger partial charge in [0, 0.05) is 11.4 Å². The molecule has 2 aromatic heterocycles. The molecule has 24 heavy (non-hydrogen) atoms. The molecule has 4 nitrogen and oxygen atoms in total. The smallest absolute Gasteiger partial charge is 0.259 e. The van der Waals surface area contributed by atoms with E-state index < -0.39 is 0 Å². The normalized spacial score (nSPS) is 12.9. The van der Waals surface area contributed by atoms with E-state index in [-0.39, 0.29) is 17.4 Å². The van der Waals surface area contributed by atoms with Crippen molar-refractivity contribution in [3.05, 3.63) is 62.3 Å². The van der Waals surface area contributed by atoms with E-state index in [0.29, 0.717) is 17.8 Å². The van der Waals surface area contributed by atoms with E-state index in [4.69, 9.17) is 0 Å². The van der Waals surface area contributed by atoms with E-state index in [9.17, 15) is 9.18 Å². The predicted molar refractivity (Wildman–Crippen MR) is 96.0 cm³/mol. The highest BCUT2D eigenvalue weighted by Crippen LogP contribution is 2.27. The Morgan fingerprint density at radius 2 is 1.96 bits per heavy atom. The van der Waals surface area contributed by atoms with Gasteiger partial charge in [0.25, 0.3) is 5.56 Å². The van der Waals surface area contributed by atoms with Gasteiger partial charge in [-0.1, -0.05) is 12.1 Å². The monoisotopic (exact) mass is 345 g/mol. The summed E-state index contributed by atoms with van der Waals surface area (Å²) in [6.07, 6.45) is 0. The topological polar surface area (TPSA) is 49.0 Å². The fourth-order valence-electron chi connectivity index (χ4n) is 2.69. The molecule has 0 saturated carbocycles. The average molecular weight is 345 g/mol. The van der Waals surface area contributed by atoms with Crippen LogP contribution in [0, 0.1) is 19.7 Å². The summed E-state index contributed by atoms with van der Waals surface area (Å²) in [5.41, 5.74) is 1.93. The molecule has 0 aliphatic carbocycles. The number of fused-ring (bicyclic) bond motifs is 1. The standard InChI is InChI=1S/C18H20FN3OS/c1-10-12(3)24-18-15(10)17(23)20-16(21-18)11(2)22(4)9-13-5-7-14(19)8-6-13/h5-8,11H,9H2,1-4H3,(H,20,21,23). The predicted octanol–water partition coefficient (Wildman–Crippen LogP) is 3.93. The summed E-state index contributed by atoms with van der Waals surface area (Å²) in [6, 6.07) is 6.39. The molecule has 0 aliphatic heterocycles. The number of thiophene rings is 1. The molecule has 126 valence electrons. The number of aromatic nitrogens is 2. The second kappa shape index (κ2) is 6.45. The fourth-order valence-corrected chi connectivity index (χ4v) is 3.73. The summed E-state index contributed by atoms with van der Waals surface area (Å²) >= 11 is 1.55. The molecule has 1 aromatic carbocycles. The van der Waals surface area contributed by atoms with Crippen molar-refractivity contribution in [1.29, 1.82) is 0 Å². The van der Waals surface area contributed by atoms with Crippen LogP contribution < -0.4 is 5.56 Å². The minimum Gasteiger partial charge on any atom is -0.309 e. The Morgan fingerprint density at radius 1 is 1.29 bits per heavy atom. The summed E-state index contributed by atoms with van der Waals surface area (Å²) in [7, 11) is 1.96. The first-order chi connectivity index (χ1) is 11.4. The van der Waals surface area contributed by atoms with Gasteiger partial charge >= 0.3 is 0 Å². The zero-order valence-electron chi connectivity index (χ0n) is 14.2. The maximum Gasteiger partial charge on any atom is 0.259 e. The van der Waals surface area contributed by atoms with Gasteiger partial charge < -0.3 is 4.98 Å². The van der Waals surface area contributed by atoms with Crippen molar-refractivity contribution < 1.29 is 4.39 Å². The van der Waals surface area contributed by atoms with Crippen LogP contribution in [-0.4, -0.2) is 21.9 Å². The van der Waals surface area contributed by atoms with Crippen molar-refractivity contribution in [2.45, 2.75) is 33.4 Å². The van der Waals surface area contributed by atoms with E-state index in [1.165, 1.54) is 12.1 Å². The van der Waals surface area contributed by atoms with E-state index in [1.807, 2.05) is 27.8 Å². The van der Waals surface area contributed by atoms with Crippen LogP contribution >= 0.6 is 11.3 Å². The Balaban J connectivity index is 1.88. The maximum atomic E-state index is 13.0. The zero-order valence-corrected chi connectivity index (χ0v) is 15.0. The molecule has 3 rings (SSSR count). The summed E-state index contributed by atoms with van der Waals surface area (Å²) in [4.78, 5) is 24.0. The lowest BCUT2D eigenvalue weighted by molar-refractivity contribution is 0.244. The molecule has 6 heteroatoms. The fraction of sp³-hybridized carbons (Fsp3) is 0.333. The molecule has 0 spiro atoms. The Labute approximate surface area is 144 Å². The molecule has 1 unspecified atom stereocenters. The summed E-state index contributed by atoms with van der Waals surface area (Å²) in [5, 5.41) is 0.689. The van der Waals surface area contributed by atoms with Crippen LogP contribution in [0.5, 0.6) is 0 Å². The number of aryl methyl sites for hydroxylation is 2. The van der Waals surface area contributed by atoms with Gasteiger partial charge in [-0.25, -0.2) is 9.37 Å². The zero-order chi connectivity index (χ0) is 17.4. The molecule has 0 saturated heterocycles. The third-order valence-electron chi connectivity index (χ3n) is 4.46. The molecule has 0 radical (unpaired) electrons. The largest absolute Gasteiger partial charge is 0.309 e. The van der Waals surface area contributed by atoms with Crippen molar-refractivity contribution in [2.24, 2.45) is 0 Å². The van der Waals surface area contributed by atoms with E-state index >= 15 is 0 Å². The van der Waals surface area contributed by atoms with Gasteiger partial charge in [-0.05, 0) is 51.1 Å². The van der Waals surface area contributed by atoms with E-state index in [1.54, 1.807) is 23.5 Å². The summed E-state index contributed by atoms with van der Waals surface area (Å²) in [5.74, 6) is 0.410. The van der Waals surface area contributed by atoms with Crippen LogP contribution in [-0.2, 0) is 6.54 Å². The highest BCUT2D eigenvalue weighted by molar-refractivity contribution is 7.18. The first-order valence-corrected chi connectivity index (χ1v) is 8.63. The third-order valence-corrected chi connectivity index (χ3v) is 5.56. The number of rotatable bonds is 4. The summed E-state index contributed by atoms with van der Waals surface area (Å²) in [6.45, 7) is 6.60. The molecule has 0 fully saturated rings. The van der Waals surface area contributed by atoms with Crippen LogP contribution in [0.1, 0.15) is 34.8 Å². The Morgan fingerprint density at radius 3 is 2.62 bits per heavy atom. The van der Waals surface area contributed by atoms with Crippen molar-refractivity contribution in [2.75, 3.05) is 7.05 Å². The highest BCUT2D eigenvalue weighted by atomic mass is 32.1. The second-order valence-electron chi connectivity index (χ2n) is 6.13. The van der Waals surface area contributed by atoms with Crippen molar-refractivity contribution >= 4 is 21.6 Å². The van der Waals surface area contributed by atoms with Gasteiger partial charge in [0.05, 0.1) is 11.4 Å². The lowest BCUT2D eigenvalue weighted by Gasteiger charge is -2.23. The van der Waals surface area contributed by atoms with Gasteiger partial charge in [0.2, 0.25) is 0 Å². The summed E-state index contributed by atoms with van der Waals surface area (Å²) < 4.78 is 13.0. The molecule has 0 amide bonds. The second-order valence-corrected chi connectivity index (χ2v) is 7.34. The number of hydrogen-bond donors (Lipinski definition) is 1. The molecule has 0 aliphatic rings. The SMILES string of the molecule is Cc1sc2nc(C(C)N(C)Cc3ccc(F)cc3)[nH]c(=O)c2c1C. The van der Waals surface area contributed by atoms with Crippen LogP contribution in [0.15, 0.2) is 29.1 Å². The molecule has 3 aromatic rings. The van der Waals surface area contributed by atoms with Gasteiger partial charge in [-0.2, -0.15) is 0 Å². The number of hydrogen-bond acceptors (Lipinski definition) is 4. The lowest BCUT2D eigenvalue weighted by Crippen LogP contribution is -2.25. The van der Waals surface area contributed by atoms with Gasteiger partial charge in [0.15, 0.2) is 0 Å². The van der Waals surface area contributed by atoms with Gasteiger partial charge in [-0.15, -0.1) is 11.3 Å². The van der Waals surface area contributed by atoms with E-state index in [0.717, 1.165) is 20.8 Å². The minimum absolute atomic E-state index is 0.0603. The highest BCUT2D eigenvalue weighted by Gasteiger charge is 2.18. The average Bonchev–Trinajstić information content (AvgIpc) is 2.83. The van der Waals surface area contributed by atoms with Crippen LogP contribution in [0.25, 0.3) is 10.2 Å². The molecular weight excluding hydrogens is 325 g/mol. The van der Waals surface area contributed by atoms with Gasteiger partial charge in [0.1, 0.15) is 16.5 Å².